The second-order valence-corrected chi connectivity index (χ2v) is 4.99. The molecule has 2 rings (SSSR count). The van der Waals surface area contributed by atoms with E-state index in [0.29, 0.717) is 24.2 Å². The van der Waals surface area contributed by atoms with Crippen LogP contribution in [0.5, 0.6) is 0 Å². The Morgan fingerprint density at radius 1 is 1.40 bits per heavy atom. The summed E-state index contributed by atoms with van der Waals surface area (Å²) in [5, 5.41) is 14.0. The maximum absolute atomic E-state index is 11.9. The molecule has 1 amide bonds. The fraction of sp³-hybridized carbons (Fsp3) is 0.500. The van der Waals surface area contributed by atoms with Crippen LogP contribution in [-0.4, -0.2) is 35.4 Å². The molecule has 1 aromatic rings. The molecule has 0 radical (unpaired) electrons. The zero-order valence-electron chi connectivity index (χ0n) is 11.6. The standard InChI is InChI=1S/C14H19N3O3/c1-11-5-4-6-12(14(11)17(19)20)15-8-7-13(18)16-9-2-3-10-16/h4-6,15H,2-3,7-10H2,1H3. The van der Waals surface area contributed by atoms with Gasteiger partial charge in [0.25, 0.3) is 5.69 Å². The summed E-state index contributed by atoms with van der Waals surface area (Å²) in [6.45, 7) is 3.80. The fourth-order valence-corrected chi connectivity index (χ4v) is 2.47. The molecule has 1 fully saturated rings. The molecule has 1 saturated heterocycles. The van der Waals surface area contributed by atoms with Crippen molar-refractivity contribution in [3.63, 3.8) is 0 Å². The van der Waals surface area contributed by atoms with Crippen molar-refractivity contribution in [2.45, 2.75) is 26.2 Å². The number of nitrogens with zero attached hydrogens (tertiary/aromatic N) is 2. The maximum atomic E-state index is 11.9. The highest BCUT2D eigenvalue weighted by molar-refractivity contribution is 5.77. The average molecular weight is 277 g/mol. The number of amides is 1. The van der Waals surface area contributed by atoms with Crippen molar-refractivity contribution < 1.29 is 9.72 Å². The van der Waals surface area contributed by atoms with Gasteiger partial charge in [-0.1, -0.05) is 12.1 Å². The van der Waals surface area contributed by atoms with E-state index in [-0.39, 0.29) is 16.5 Å². The van der Waals surface area contributed by atoms with Crippen LogP contribution in [0.2, 0.25) is 0 Å². The van der Waals surface area contributed by atoms with Gasteiger partial charge in [0.1, 0.15) is 5.69 Å². The number of carbonyl (C=O) groups excluding carboxylic acids is 1. The molecule has 0 bridgehead atoms. The van der Waals surface area contributed by atoms with Crippen LogP contribution < -0.4 is 5.32 Å². The predicted molar refractivity (Wildman–Crippen MR) is 76.8 cm³/mol. The van der Waals surface area contributed by atoms with Crippen LogP contribution in [0.15, 0.2) is 18.2 Å². The molecule has 6 nitrogen and oxygen atoms in total. The van der Waals surface area contributed by atoms with Crippen LogP contribution in [0, 0.1) is 17.0 Å². The molecule has 0 spiro atoms. The van der Waals surface area contributed by atoms with Crippen molar-refractivity contribution in [2.24, 2.45) is 0 Å². The Kier molecular flexibility index (Phi) is 4.55. The Morgan fingerprint density at radius 3 is 2.75 bits per heavy atom. The predicted octanol–water partition coefficient (Wildman–Crippen LogP) is 2.33. The molecule has 1 aliphatic rings. The topological polar surface area (TPSA) is 75.5 Å². The Labute approximate surface area is 117 Å². The highest BCUT2D eigenvalue weighted by Gasteiger charge is 2.19. The minimum absolute atomic E-state index is 0.0844. The summed E-state index contributed by atoms with van der Waals surface area (Å²) in [7, 11) is 0. The summed E-state index contributed by atoms with van der Waals surface area (Å²) in [5.74, 6) is 0.116. The van der Waals surface area contributed by atoms with E-state index in [1.807, 2.05) is 4.90 Å². The van der Waals surface area contributed by atoms with Crippen LogP contribution in [-0.2, 0) is 4.79 Å². The van der Waals surface area contributed by atoms with Crippen LogP contribution in [0.25, 0.3) is 0 Å². The number of hydrogen-bond donors (Lipinski definition) is 1. The number of nitro groups is 1. The Balaban J connectivity index is 1.92. The molecular weight excluding hydrogens is 258 g/mol. The monoisotopic (exact) mass is 277 g/mol. The zero-order valence-corrected chi connectivity index (χ0v) is 11.6. The molecule has 0 aliphatic carbocycles. The van der Waals surface area contributed by atoms with Gasteiger partial charge >= 0.3 is 0 Å². The highest BCUT2D eigenvalue weighted by Crippen LogP contribution is 2.27. The van der Waals surface area contributed by atoms with Crippen molar-refractivity contribution in [3.8, 4) is 0 Å². The Bertz CT molecular complexity index is 510. The van der Waals surface area contributed by atoms with Crippen LogP contribution in [0.3, 0.4) is 0 Å². The maximum Gasteiger partial charge on any atom is 0.295 e. The molecule has 1 heterocycles. The third-order valence-corrected chi connectivity index (χ3v) is 3.53. The molecule has 6 heteroatoms. The number of likely N-dealkylation sites (tertiary alicyclic amines) is 1. The molecule has 0 saturated carbocycles. The average Bonchev–Trinajstić information content (AvgIpc) is 2.92. The van der Waals surface area contributed by atoms with E-state index in [2.05, 4.69) is 5.32 Å². The van der Waals surface area contributed by atoms with E-state index < -0.39 is 0 Å². The van der Waals surface area contributed by atoms with E-state index in [9.17, 15) is 14.9 Å². The third-order valence-electron chi connectivity index (χ3n) is 3.53. The van der Waals surface area contributed by atoms with E-state index in [1.165, 1.54) is 0 Å². The lowest BCUT2D eigenvalue weighted by atomic mass is 10.1. The van der Waals surface area contributed by atoms with Gasteiger partial charge in [-0.15, -0.1) is 0 Å². The normalized spacial score (nSPS) is 14.3. The van der Waals surface area contributed by atoms with Gasteiger partial charge in [-0.25, -0.2) is 0 Å². The third kappa shape index (κ3) is 3.26. The van der Waals surface area contributed by atoms with E-state index in [1.54, 1.807) is 25.1 Å². The lowest BCUT2D eigenvalue weighted by molar-refractivity contribution is -0.384. The van der Waals surface area contributed by atoms with Crippen molar-refractivity contribution in [2.75, 3.05) is 25.0 Å². The van der Waals surface area contributed by atoms with Crippen molar-refractivity contribution >= 4 is 17.3 Å². The number of nitrogens with one attached hydrogen (secondary N) is 1. The van der Waals surface area contributed by atoms with Gasteiger partial charge in [0, 0.05) is 31.6 Å². The van der Waals surface area contributed by atoms with E-state index in [0.717, 1.165) is 25.9 Å². The highest BCUT2D eigenvalue weighted by atomic mass is 16.6. The summed E-state index contributed by atoms with van der Waals surface area (Å²) in [6, 6.07) is 5.15. The van der Waals surface area contributed by atoms with Crippen molar-refractivity contribution in [1.82, 2.24) is 4.90 Å². The van der Waals surface area contributed by atoms with Crippen LogP contribution in [0.1, 0.15) is 24.8 Å². The molecule has 108 valence electrons. The second-order valence-electron chi connectivity index (χ2n) is 4.99. The van der Waals surface area contributed by atoms with Gasteiger partial charge in [-0.2, -0.15) is 0 Å². The number of benzene rings is 1. The number of nitro benzene ring substituents is 1. The first-order valence-electron chi connectivity index (χ1n) is 6.85. The number of hydrogen-bond acceptors (Lipinski definition) is 4. The zero-order chi connectivity index (χ0) is 14.5. The lowest BCUT2D eigenvalue weighted by Gasteiger charge is -2.15. The lowest BCUT2D eigenvalue weighted by Crippen LogP contribution is -2.29. The first-order valence-corrected chi connectivity index (χ1v) is 6.85. The van der Waals surface area contributed by atoms with Crippen LogP contribution in [0.4, 0.5) is 11.4 Å². The number of para-hydroxylation sites is 1. The second kappa shape index (κ2) is 6.36. The van der Waals surface area contributed by atoms with Gasteiger partial charge in [0.15, 0.2) is 0 Å². The molecule has 1 aliphatic heterocycles. The number of anilines is 1. The van der Waals surface area contributed by atoms with E-state index in [4.69, 9.17) is 0 Å². The summed E-state index contributed by atoms with van der Waals surface area (Å²) < 4.78 is 0. The van der Waals surface area contributed by atoms with Gasteiger partial charge in [-0.05, 0) is 25.8 Å². The molecular formula is C14H19N3O3. The number of rotatable bonds is 5. The molecule has 0 atom stereocenters. The summed E-state index contributed by atoms with van der Waals surface area (Å²) in [5.41, 5.74) is 1.18. The minimum atomic E-state index is -0.389. The largest absolute Gasteiger partial charge is 0.379 e. The van der Waals surface area contributed by atoms with Gasteiger partial charge < -0.3 is 10.2 Å². The molecule has 1 aromatic carbocycles. The minimum Gasteiger partial charge on any atom is -0.379 e. The SMILES string of the molecule is Cc1cccc(NCCC(=O)N2CCCC2)c1[N+](=O)[O-]. The first kappa shape index (κ1) is 14.3. The number of aryl methyl sites for hydroxylation is 1. The first-order chi connectivity index (χ1) is 9.59. The van der Waals surface area contributed by atoms with Gasteiger partial charge in [0.05, 0.1) is 4.92 Å². The molecule has 20 heavy (non-hydrogen) atoms. The van der Waals surface area contributed by atoms with Crippen LogP contribution >= 0.6 is 0 Å². The summed E-state index contributed by atoms with van der Waals surface area (Å²) >= 11 is 0. The smallest absolute Gasteiger partial charge is 0.295 e. The fourth-order valence-electron chi connectivity index (χ4n) is 2.47. The summed E-state index contributed by atoms with van der Waals surface area (Å²) in [4.78, 5) is 24.4. The molecule has 0 aromatic heterocycles. The Morgan fingerprint density at radius 2 is 2.10 bits per heavy atom. The van der Waals surface area contributed by atoms with Gasteiger partial charge in [0.2, 0.25) is 5.91 Å². The van der Waals surface area contributed by atoms with Gasteiger partial charge in [-0.3, -0.25) is 14.9 Å². The Hall–Kier alpha value is -2.11. The number of carbonyl (C=O) groups is 1. The van der Waals surface area contributed by atoms with Crippen molar-refractivity contribution in [1.29, 1.82) is 0 Å². The summed E-state index contributed by atoms with van der Waals surface area (Å²) in [6.07, 6.45) is 2.51. The van der Waals surface area contributed by atoms with Crippen molar-refractivity contribution in [3.05, 3.63) is 33.9 Å². The quantitative estimate of drug-likeness (QED) is 0.662. The molecule has 0 unspecified atom stereocenters. The molecule has 1 N–H and O–H groups in total. The van der Waals surface area contributed by atoms with E-state index >= 15 is 0 Å².